The van der Waals surface area contributed by atoms with Gasteiger partial charge in [-0.15, -0.1) is 0 Å². The third kappa shape index (κ3) is 3.50. The summed E-state index contributed by atoms with van der Waals surface area (Å²) in [5, 5.41) is 3.01. The third-order valence-corrected chi connectivity index (χ3v) is 6.20. The molecule has 4 rings (SSSR count). The van der Waals surface area contributed by atoms with E-state index in [9.17, 15) is 9.59 Å². The van der Waals surface area contributed by atoms with Crippen molar-refractivity contribution in [3.8, 4) is 0 Å². The van der Waals surface area contributed by atoms with Gasteiger partial charge in [-0.25, -0.2) is 4.79 Å². The lowest BCUT2D eigenvalue weighted by Gasteiger charge is -2.41. The minimum absolute atomic E-state index is 0.0497. The molecule has 2 saturated heterocycles. The first-order valence-electron chi connectivity index (χ1n) is 10.5. The SMILES string of the molecule is CCCCNC(=O)N1CC[C@H]2C(=O)OC(c3ccccc3)(c3ccccc3)[C@H]2C1. The first-order chi connectivity index (χ1) is 14.2. The predicted octanol–water partition coefficient (Wildman–Crippen LogP) is 3.93. The van der Waals surface area contributed by atoms with E-state index in [0.717, 1.165) is 24.0 Å². The number of rotatable bonds is 5. The van der Waals surface area contributed by atoms with Crippen LogP contribution in [0.15, 0.2) is 60.7 Å². The highest BCUT2D eigenvalue weighted by atomic mass is 16.6. The number of urea groups is 1. The third-order valence-electron chi connectivity index (χ3n) is 6.20. The molecule has 2 atom stereocenters. The number of carbonyl (C=O) groups excluding carboxylic acids is 2. The van der Waals surface area contributed by atoms with E-state index in [1.165, 1.54) is 0 Å². The van der Waals surface area contributed by atoms with Gasteiger partial charge in [-0.05, 0) is 12.8 Å². The highest BCUT2D eigenvalue weighted by molar-refractivity contribution is 5.79. The normalized spacial score (nSPS) is 22.7. The summed E-state index contributed by atoms with van der Waals surface area (Å²) < 4.78 is 6.20. The number of hydrogen-bond donors (Lipinski definition) is 1. The van der Waals surface area contributed by atoms with E-state index in [4.69, 9.17) is 4.74 Å². The molecule has 0 bridgehead atoms. The lowest BCUT2D eigenvalue weighted by Crippen LogP contribution is -2.52. The number of unbranched alkanes of at least 4 members (excludes halogenated alkanes) is 1. The van der Waals surface area contributed by atoms with Crippen molar-refractivity contribution in [2.75, 3.05) is 19.6 Å². The summed E-state index contributed by atoms with van der Waals surface area (Å²) >= 11 is 0. The van der Waals surface area contributed by atoms with Crippen LogP contribution in [-0.4, -0.2) is 36.5 Å². The maximum atomic E-state index is 12.9. The number of carbonyl (C=O) groups is 2. The van der Waals surface area contributed by atoms with Crippen molar-refractivity contribution >= 4 is 12.0 Å². The zero-order chi connectivity index (χ0) is 20.3. The Balaban J connectivity index is 1.70. The first kappa shape index (κ1) is 19.5. The Morgan fingerprint density at radius 3 is 2.31 bits per heavy atom. The molecule has 2 aromatic carbocycles. The van der Waals surface area contributed by atoms with Crippen LogP contribution in [-0.2, 0) is 15.1 Å². The zero-order valence-corrected chi connectivity index (χ0v) is 16.8. The van der Waals surface area contributed by atoms with E-state index in [-0.39, 0.29) is 23.8 Å². The number of cyclic esters (lactones) is 1. The lowest BCUT2D eigenvalue weighted by molar-refractivity contribution is -0.149. The Labute approximate surface area is 172 Å². The van der Waals surface area contributed by atoms with Crippen LogP contribution >= 0.6 is 0 Å². The molecule has 5 heteroatoms. The predicted molar refractivity (Wildman–Crippen MR) is 111 cm³/mol. The molecule has 29 heavy (non-hydrogen) atoms. The van der Waals surface area contributed by atoms with E-state index in [2.05, 4.69) is 12.2 Å². The van der Waals surface area contributed by atoms with Gasteiger partial charge in [-0.2, -0.15) is 0 Å². The fraction of sp³-hybridized carbons (Fsp3) is 0.417. The van der Waals surface area contributed by atoms with Crippen LogP contribution in [0.1, 0.15) is 37.3 Å². The molecule has 2 heterocycles. The maximum absolute atomic E-state index is 12.9. The van der Waals surface area contributed by atoms with Gasteiger partial charge >= 0.3 is 12.0 Å². The zero-order valence-electron chi connectivity index (χ0n) is 16.8. The topological polar surface area (TPSA) is 58.6 Å². The largest absolute Gasteiger partial charge is 0.449 e. The van der Waals surface area contributed by atoms with Gasteiger partial charge in [0.05, 0.1) is 5.92 Å². The molecule has 0 unspecified atom stereocenters. The van der Waals surface area contributed by atoms with Crippen LogP contribution in [0.4, 0.5) is 4.79 Å². The van der Waals surface area contributed by atoms with E-state index in [0.29, 0.717) is 26.1 Å². The van der Waals surface area contributed by atoms with E-state index in [1.54, 1.807) is 0 Å². The number of likely N-dealkylation sites (tertiary alicyclic amines) is 1. The number of hydrogen-bond acceptors (Lipinski definition) is 3. The molecule has 152 valence electrons. The fourth-order valence-corrected chi connectivity index (χ4v) is 4.71. The molecule has 2 fully saturated rings. The van der Waals surface area contributed by atoms with Gasteiger partial charge in [-0.3, -0.25) is 4.79 Å². The number of esters is 1. The fourth-order valence-electron chi connectivity index (χ4n) is 4.71. The maximum Gasteiger partial charge on any atom is 0.317 e. The van der Waals surface area contributed by atoms with Crippen LogP contribution in [0.2, 0.25) is 0 Å². The van der Waals surface area contributed by atoms with E-state index >= 15 is 0 Å². The summed E-state index contributed by atoms with van der Waals surface area (Å²) in [7, 11) is 0. The van der Waals surface area contributed by atoms with Crippen molar-refractivity contribution in [1.82, 2.24) is 10.2 Å². The van der Waals surface area contributed by atoms with Crippen LogP contribution in [0.3, 0.4) is 0 Å². The van der Waals surface area contributed by atoms with Crippen LogP contribution in [0, 0.1) is 11.8 Å². The molecule has 2 aliphatic rings. The van der Waals surface area contributed by atoms with Gasteiger partial charge in [0.25, 0.3) is 0 Å². The van der Waals surface area contributed by atoms with Gasteiger partial charge in [0.15, 0.2) is 5.60 Å². The van der Waals surface area contributed by atoms with Crippen LogP contribution in [0.5, 0.6) is 0 Å². The second-order valence-electron chi connectivity index (χ2n) is 7.92. The molecule has 0 saturated carbocycles. The molecule has 0 aliphatic carbocycles. The summed E-state index contributed by atoms with van der Waals surface area (Å²) in [4.78, 5) is 27.5. The molecule has 5 nitrogen and oxygen atoms in total. The van der Waals surface area contributed by atoms with E-state index in [1.807, 2.05) is 65.6 Å². The Morgan fingerprint density at radius 2 is 1.72 bits per heavy atom. The summed E-state index contributed by atoms with van der Waals surface area (Å²) in [6.45, 7) is 3.86. The smallest absolute Gasteiger partial charge is 0.317 e. The van der Waals surface area contributed by atoms with Gasteiger partial charge in [0.1, 0.15) is 0 Å². The lowest BCUT2D eigenvalue weighted by atomic mass is 9.70. The number of nitrogens with one attached hydrogen (secondary N) is 1. The van der Waals surface area contributed by atoms with Gasteiger partial charge < -0.3 is 15.0 Å². The summed E-state index contributed by atoms with van der Waals surface area (Å²) in [5.74, 6) is -0.477. The summed E-state index contributed by atoms with van der Waals surface area (Å²) in [6, 6.07) is 19.8. The summed E-state index contributed by atoms with van der Waals surface area (Å²) in [5.41, 5.74) is 1.05. The molecule has 2 amide bonds. The van der Waals surface area contributed by atoms with Crippen molar-refractivity contribution in [3.63, 3.8) is 0 Å². The standard InChI is InChI=1S/C24H28N2O3/c1-2-3-15-25-23(28)26-16-14-20-21(17-26)24(29-22(20)27,18-10-6-4-7-11-18)19-12-8-5-9-13-19/h4-13,20-21H,2-3,14-17H2,1H3,(H,25,28)/t20-,21+/m1/s1. The van der Waals surface area contributed by atoms with E-state index < -0.39 is 5.60 Å². The van der Waals surface area contributed by atoms with Crippen molar-refractivity contribution in [1.29, 1.82) is 0 Å². The number of amides is 2. The average molecular weight is 392 g/mol. The molecule has 0 spiro atoms. The Morgan fingerprint density at radius 1 is 1.10 bits per heavy atom. The average Bonchev–Trinajstić information content (AvgIpc) is 3.08. The number of piperidine rings is 1. The second-order valence-corrected chi connectivity index (χ2v) is 7.92. The molecule has 0 radical (unpaired) electrons. The molecule has 2 aromatic rings. The highest BCUT2D eigenvalue weighted by Gasteiger charge is 2.59. The minimum Gasteiger partial charge on any atom is -0.449 e. The van der Waals surface area contributed by atoms with Gasteiger partial charge in [0, 0.05) is 36.7 Å². The van der Waals surface area contributed by atoms with Gasteiger partial charge in [-0.1, -0.05) is 74.0 Å². The van der Waals surface area contributed by atoms with Crippen molar-refractivity contribution in [2.24, 2.45) is 11.8 Å². The van der Waals surface area contributed by atoms with Crippen molar-refractivity contribution in [3.05, 3.63) is 71.8 Å². The minimum atomic E-state index is -0.868. The number of nitrogens with zero attached hydrogens (tertiary/aromatic N) is 1. The Bertz CT molecular complexity index is 813. The molecule has 2 aliphatic heterocycles. The van der Waals surface area contributed by atoms with Gasteiger partial charge in [0.2, 0.25) is 0 Å². The van der Waals surface area contributed by atoms with Crippen molar-refractivity contribution < 1.29 is 14.3 Å². The molecular weight excluding hydrogens is 364 g/mol. The monoisotopic (exact) mass is 392 g/mol. The number of fused-ring (bicyclic) bond motifs is 1. The Hall–Kier alpha value is -2.82. The molecule has 1 N–H and O–H groups in total. The Kier molecular flexibility index (Phi) is 5.56. The highest BCUT2D eigenvalue weighted by Crippen LogP contribution is 2.52. The second kappa shape index (κ2) is 8.27. The van der Waals surface area contributed by atoms with Crippen molar-refractivity contribution in [2.45, 2.75) is 31.8 Å². The van der Waals surface area contributed by atoms with Crippen LogP contribution in [0.25, 0.3) is 0 Å². The number of benzene rings is 2. The molecule has 0 aromatic heterocycles. The quantitative estimate of drug-likeness (QED) is 0.619. The summed E-state index contributed by atoms with van der Waals surface area (Å²) in [6.07, 6.45) is 2.63. The van der Waals surface area contributed by atoms with Crippen LogP contribution < -0.4 is 5.32 Å². The first-order valence-corrected chi connectivity index (χ1v) is 10.5. The number of ether oxygens (including phenoxy) is 1. The molecular formula is C24H28N2O3.